The number of anilines is 1. The maximum atomic E-state index is 12.7. The molecular formula is C24H21N3O3S. The molecule has 4 amide bonds. The van der Waals surface area contributed by atoms with Gasteiger partial charge in [0.1, 0.15) is 12.2 Å². The molecule has 2 N–H and O–H groups in total. The van der Waals surface area contributed by atoms with Gasteiger partial charge >= 0.3 is 6.03 Å². The largest absolute Gasteiger partial charge is 0.329 e. The number of nitrogens with zero attached hydrogens (tertiary/aromatic N) is 1. The van der Waals surface area contributed by atoms with E-state index in [0.717, 1.165) is 25.8 Å². The molecule has 0 bridgehead atoms. The number of carbonyl (C=O) groups excluding carboxylic acids is 3. The van der Waals surface area contributed by atoms with E-state index in [1.807, 2.05) is 50.2 Å². The topological polar surface area (TPSA) is 78.5 Å². The molecule has 2 heterocycles. The van der Waals surface area contributed by atoms with Crippen molar-refractivity contribution in [1.29, 1.82) is 0 Å². The Morgan fingerprint density at radius 3 is 2.29 bits per heavy atom. The summed E-state index contributed by atoms with van der Waals surface area (Å²) in [7, 11) is 0. The van der Waals surface area contributed by atoms with E-state index in [0.29, 0.717) is 5.69 Å². The fourth-order valence-corrected chi connectivity index (χ4v) is 4.10. The smallest absolute Gasteiger partial charge is 0.325 e. The Balaban J connectivity index is 1.44. The van der Waals surface area contributed by atoms with Crippen molar-refractivity contribution in [1.82, 2.24) is 10.2 Å². The van der Waals surface area contributed by atoms with Crippen molar-refractivity contribution < 1.29 is 14.4 Å². The Kier molecular flexibility index (Phi) is 5.68. The van der Waals surface area contributed by atoms with E-state index >= 15 is 0 Å². The molecule has 1 fully saturated rings. The zero-order valence-corrected chi connectivity index (χ0v) is 18.0. The molecule has 0 radical (unpaired) electrons. The van der Waals surface area contributed by atoms with Gasteiger partial charge in [0.15, 0.2) is 0 Å². The van der Waals surface area contributed by atoms with E-state index < -0.39 is 17.8 Å². The van der Waals surface area contributed by atoms with Crippen LogP contribution in [0.15, 0.2) is 66.4 Å². The van der Waals surface area contributed by atoms with Crippen molar-refractivity contribution in [2.45, 2.75) is 13.8 Å². The minimum atomic E-state index is -0.606. The van der Waals surface area contributed by atoms with Gasteiger partial charge in [0.25, 0.3) is 5.91 Å². The molecular weight excluding hydrogens is 410 g/mol. The van der Waals surface area contributed by atoms with E-state index in [1.54, 1.807) is 18.2 Å². The van der Waals surface area contributed by atoms with E-state index in [9.17, 15) is 14.4 Å². The molecule has 3 aromatic rings. The predicted molar refractivity (Wildman–Crippen MR) is 123 cm³/mol. The molecule has 1 saturated heterocycles. The van der Waals surface area contributed by atoms with Gasteiger partial charge in [-0.25, -0.2) is 9.69 Å². The molecule has 0 aliphatic carbocycles. The molecule has 7 heteroatoms. The third-order valence-corrected chi connectivity index (χ3v) is 5.93. The average Bonchev–Trinajstić information content (AvgIpc) is 3.31. The van der Waals surface area contributed by atoms with Gasteiger partial charge in [-0.15, -0.1) is 11.3 Å². The fourth-order valence-electron chi connectivity index (χ4n) is 3.14. The van der Waals surface area contributed by atoms with E-state index in [-0.39, 0.29) is 12.2 Å². The summed E-state index contributed by atoms with van der Waals surface area (Å²) < 4.78 is 0. The third kappa shape index (κ3) is 4.73. The number of nitrogens with one attached hydrogen (secondary N) is 2. The Morgan fingerprint density at radius 2 is 1.61 bits per heavy atom. The standard InChI is InChI=1S/C24H21N3O3S/c1-15-3-7-17(8-4-15)21-12-11-19(31-21)13-20-23(29)27(24(30)26-20)14-22(28)25-18-9-5-16(2)6-10-18/h3-13H,14H2,1-2H3,(H,25,28)(H,26,30)/b20-13-. The summed E-state index contributed by atoms with van der Waals surface area (Å²) in [6.45, 7) is 3.63. The highest BCUT2D eigenvalue weighted by molar-refractivity contribution is 7.16. The minimum Gasteiger partial charge on any atom is -0.325 e. The van der Waals surface area contributed by atoms with Gasteiger partial charge < -0.3 is 10.6 Å². The van der Waals surface area contributed by atoms with E-state index in [4.69, 9.17) is 0 Å². The highest BCUT2D eigenvalue weighted by atomic mass is 32.1. The lowest BCUT2D eigenvalue weighted by Gasteiger charge is -2.12. The molecule has 4 rings (SSSR count). The zero-order chi connectivity index (χ0) is 22.0. The maximum Gasteiger partial charge on any atom is 0.329 e. The van der Waals surface area contributed by atoms with E-state index in [1.165, 1.54) is 16.9 Å². The first-order valence-electron chi connectivity index (χ1n) is 9.77. The lowest BCUT2D eigenvalue weighted by atomic mass is 10.1. The van der Waals surface area contributed by atoms with Crippen molar-refractivity contribution in [3.05, 3.63) is 82.4 Å². The van der Waals surface area contributed by atoms with Crippen LogP contribution in [0.25, 0.3) is 16.5 Å². The third-order valence-electron chi connectivity index (χ3n) is 4.85. The van der Waals surface area contributed by atoms with Gasteiger partial charge in [0.2, 0.25) is 5.91 Å². The molecule has 0 atom stereocenters. The fraction of sp³-hybridized carbons (Fsp3) is 0.125. The summed E-state index contributed by atoms with van der Waals surface area (Å²) in [6, 6.07) is 18.8. The second-order valence-corrected chi connectivity index (χ2v) is 8.48. The summed E-state index contributed by atoms with van der Waals surface area (Å²) >= 11 is 1.52. The lowest BCUT2D eigenvalue weighted by molar-refractivity contribution is -0.127. The predicted octanol–water partition coefficient (Wildman–Crippen LogP) is 4.56. The molecule has 1 aliphatic heterocycles. The number of thiophene rings is 1. The molecule has 0 saturated carbocycles. The second kappa shape index (κ2) is 8.57. The number of urea groups is 1. The van der Waals surface area contributed by atoms with Crippen molar-refractivity contribution in [3.63, 3.8) is 0 Å². The number of imide groups is 1. The zero-order valence-electron chi connectivity index (χ0n) is 17.1. The van der Waals surface area contributed by atoms with Crippen molar-refractivity contribution in [2.75, 3.05) is 11.9 Å². The van der Waals surface area contributed by atoms with Crippen molar-refractivity contribution >= 4 is 40.9 Å². The van der Waals surface area contributed by atoms with Crippen LogP contribution in [0.5, 0.6) is 0 Å². The second-order valence-electron chi connectivity index (χ2n) is 7.36. The van der Waals surface area contributed by atoms with Gasteiger partial charge in [0, 0.05) is 15.4 Å². The van der Waals surface area contributed by atoms with Gasteiger partial charge in [-0.3, -0.25) is 9.59 Å². The van der Waals surface area contributed by atoms with Crippen molar-refractivity contribution in [2.24, 2.45) is 0 Å². The molecule has 1 aliphatic rings. The van der Waals surface area contributed by atoms with Crippen LogP contribution in [-0.2, 0) is 9.59 Å². The number of hydrogen-bond acceptors (Lipinski definition) is 4. The molecule has 0 spiro atoms. The molecule has 6 nitrogen and oxygen atoms in total. The van der Waals surface area contributed by atoms with Crippen LogP contribution in [0.4, 0.5) is 10.5 Å². The first kappa shape index (κ1) is 20.6. The number of benzene rings is 2. The summed E-state index contributed by atoms with van der Waals surface area (Å²) in [4.78, 5) is 40.0. The van der Waals surface area contributed by atoms with Crippen LogP contribution >= 0.6 is 11.3 Å². The maximum absolute atomic E-state index is 12.7. The van der Waals surface area contributed by atoms with Crippen LogP contribution in [0.1, 0.15) is 16.0 Å². The van der Waals surface area contributed by atoms with Crippen molar-refractivity contribution in [3.8, 4) is 10.4 Å². The monoisotopic (exact) mass is 431 g/mol. The molecule has 2 aromatic carbocycles. The summed E-state index contributed by atoms with van der Waals surface area (Å²) in [5, 5.41) is 5.26. The number of rotatable bonds is 5. The normalized spacial score (nSPS) is 14.8. The number of hydrogen-bond donors (Lipinski definition) is 2. The Hall–Kier alpha value is -3.71. The quantitative estimate of drug-likeness (QED) is 0.459. The van der Waals surface area contributed by atoms with Crippen LogP contribution < -0.4 is 10.6 Å². The minimum absolute atomic E-state index is 0.158. The van der Waals surface area contributed by atoms with Gasteiger partial charge in [-0.05, 0) is 49.8 Å². The molecule has 1 aromatic heterocycles. The number of amides is 4. The van der Waals surface area contributed by atoms with E-state index in [2.05, 4.69) is 22.8 Å². The molecule has 31 heavy (non-hydrogen) atoms. The first-order chi connectivity index (χ1) is 14.9. The summed E-state index contributed by atoms with van der Waals surface area (Å²) in [5.74, 6) is -0.958. The molecule has 0 unspecified atom stereocenters. The van der Waals surface area contributed by atoms with Gasteiger partial charge in [0.05, 0.1) is 0 Å². The van der Waals surface area contributed by atoms with Crippen LogP contribution in [0.2, 0.25) is 0 Å². The SMILES string of the molecule is Cc1ccc(NC(=O)CN2C(=O)N/C(=C\c3ccc(-c4ccc(C)cc4)s3)C2=O)cc1. The van der Waals surface area contributed by atoms with Crippen LogP contribution in [-0.4, -0.2) is 29.3 Å². The van der Waals surface area contributed by atoms with Crippen LogP contribution in [0.3, 0.4) is 0 Å². The summed E-state index contributed by atoms with van der Waals surface area (Å²) in [6.07, 6.45) is 1.64. The number of aryl methyl sites for hydroxylation is 2. The Labute approximate surface area is 184 Å². The number of carbonyl (C=O) groups is 3. The van der Waals surface area contributed by atoms with Gasteiger partial charge in [-0.1, -0.05) is 47.5 Å². The highest BCUT2D eigenvalue weighted by Gasteiger charge is 2.35. The Morgan fingerprint density at radius 1 is 0.968 bits per heavy atom. The Bertz CT molecular complexity index is 1180. The van der Waals surface area contributed by atoms with Gasteiger partial charge in [-0.2, -0.15) is 0 Å². The average molecular weight is 432 g/mol. The van der Waals surface area contributed by atoms with Crippen LogP contribution in [0, 0.1) is 13.8 Å². The highest BCUT2D eigenvalue weighted by Crippen LogP contribution is 2.30. The molecule has 156 valence electrons. The first-order valence-corrected chi connectivity index (χ1v) is 10.6. The lowest BCUT2D eigenvalue weighted by Crippen LogP contribution is -2.38. The summed E-state index contributed by atoms with van der Waals surface area (Å²) in [5.41, 5.74) is 4.12.